The molecule has 3 amide bonds. The highest BCUT2D eigenvalue weighted by Crippen LogP contribution is 2.33. The standard InChI is InChI=1S/C27H33N5O3S/c1-18-28-13-15-31(18)14-11-23(33)32(22-9-7-21(8-10-22)29-25(34)19-5-6-19)24(20-12-16-36-17-20)26(35)30-27(2,3)4/h7-10,12-13,15-17,19,24H,5-6,11,14H2,1-4H3,(H,29,34)(H,30,35). The fourth-order valence-corrected chi connectivity index (χ4v) is 4.67. The highest BCUT2D eigenvalue weighted by Gasteiger charge is 2.35. The summed E-state index contributed by atoms with van der Waals surface area (Å²) in [4.78, 5) is 45.3. The van der Waals surface area contributed by atoms with Crippen molar-refractivity contribution in [2.75, 3.05) is 10.2 Å². The zero-order valence-corrected chi connectivity index (χ0v) is 22.0. The number of aryl methyl sites for hydroxylation is 2. The van der Waals surface area contributed by atoms with E-state index in [1.165, 1.54) is 11.3 Å². The number of hydrogen-bond donors (Lipinski definition) is 2. The van der Waals surface area contributed by atoms with Gasteiger partial charge in [0.25, 0.3) is 0 Å². The normalized spacial score (nSPS) is 14.2. The van der Waals surface area contributed by atoms with Crippen LogP contribution >= 0.6 is 11.3 Å². The smallest absolute Gasteiger partial charge is 0.248 e. The second kappa shape index (κ2) is 10.7. The van der Waals surface area contributed by atoms with Gasteiger partial charge in [0.2, 0.25) is 17.7 Å². The average molecular weight is 508 g/mol. The number of amides is 3. The fraction of sp³-hybridized carbons (Fsp3) is 0.407. The number of nitrogens with one attached hydrogen (secondary N) is 2. The second-order valence-electron chi connectivity index (χ2n) is 10.2. The fourth-order valence-electron chi connectivity index (χ4n) is 4.00. The van der Waals surface area contributed by atoms with E-state index in [4.69, 9.17) is 0 Å². The number of rotatable bonds is 9. The zero-order chi connectivity index (χ0) is 25.9. The number of carbonyl (C=O) groups excluding carboxylic acids is 3. The van der Waals surface area contributed by atoms with Crippen LogP contribution in [-0.4, -0.2) is 32.8 Å². The molecule has 1 aromatic carbocycles. The summed E-state index contributed by atoms with van der Waals surface area (Å²) >= 11 is 1.48. The molecule has 1 saturated carbocycles. The van der Waals surface area contributed by atoms with Crippen LogP contribution < -0.4 is 15.5 Å². The lowest BCUT2D eigenvalue weighted by Gasteiger charge is -2.33. The molecule has 8 nitrogen and oxygen atoms in total. The van der Waals surface area contributed by atoms with Gasteiger partial charge in [-0.3, -0.25) is 19.3 Å². The van der Waals surface area contributed by atoms with Gasteiger partial charge in [-0.25, -0.2) is 4.98 Å². The van der Waals surface area contributed by atoms with Crippen molar-refractivity contribution in [2.45, 2.75) is 65.1 Å². The van der Waals surface area contributed by atoms with Crippen molar-refractivity contribution < 1.29 is 14.4 Å². The Morgan fingerprint density at radius 1 is 1.17 bits per heavy atom. The number of anilines is 2. The van der Waals surface area contributed by atoms with Gasteiger partial charge >= 0.3 is 0 Å². The molecule has 0 aliphatic heterocycles. The van der Waals surface area contributed by atoms with Gasteiger partial charge in [0, 0.05) is 48.2 Å². The summed E-state index contributed by atoms with van der Waals surface area (Å²) in [5.74, 6) is 0.507. The van der Waals surface area contributed by atoms with Gasteiger partial charge in [0.15, 0.2) is 0 Å². The predicted octanol–water partition coefficient (Wildman–Crippen LogP) is 4.68. The molecule has 4 rings (SSSR count). The molecule has 1 aliphatic rings. The maximum Gasteiger partial charge on any atom is 0.248 e. The van der Waals surface area contributed by atoms with Crippen molar-refractivity contribution in [3.63, 3.8) is 0 Å². The van der Waals surface area contributed by atoms with E-state index in [1.807, 2.05) is 55.3 Å². The lowest BCUT2D eigenvalue weighted by molar-refractivity contribution is -0.127. The Bertz CT molecular complexity index is 1210. The maximum atomic E-state index is 13.8. The third-order valence-electron chi connectivity index (χ3n) is 5.98. The second-order valence-corrected chi connectivity index (χ2v) is 11.0. The van der Waals surface area contributed by atoms with Gasteiger partial charge in [-0.05, 0) is 87.2 Å². The van der Waals surface area contributed by atoms with E-state index in [1.54, 1.807) is 35.4 Å². The minimum absolute atomic E-state index is 0.0205. The summed E-state index contributed by atoms with van der Waals surface area (Å²) < 4.78 is 1.92. The SMILES string of the molecule is Cc1nccn1CCC(=O)N(c1ccc(NC(=O)C2CC2)cc1)C(C(=O)NC(C)(C)C)c1ccsc1. The first-order chi connectivity index (χ1) is 17.1. The van der Waals surface area contributed by atoms with Crippen LogP contribution in [-0.2, 0) is 20.9 Å². The Morgan fingerprint density at radius 3 is 2.44 bits per heavy atom. The Balaban J connectivity index is 1.66. The van der Waals surface area contributed by atoms with E-state index in [9.17, 15) is 14.4 Å². The number of nitrogens with zero attached hydrogens (tertiary/aromatic N) is 3. The Morgan fingerprint density at radius 2 is 1.89 bits per heavy atom. The molecule has 2 aromatic heterocycles. The summed E-state index contributed by atoms with van der Waals surface area (Å²) in [6.45, 7) is 8.10. The van der Waals surface area contributed by atoms with Crippen molar-refractivity contribution >= 4 is 40.4 Å². The topological polar surface area (TPSA) is 96.3 Å². The highest BCUT2D eigenvalue weighted by atomic mass is 32.1. The molecular weight excluding hydrogens is 474 g/mol. The van der Waals surface area contributed by atoms with Gasteiger partial charge in [-0.1, -0.05) is 0 Å². The molecule has 190 valence electrons. The Labute approximate surface area is 215 Å². The predicted molar refractivity (Wildman–Crippen MR) is 142 cm³/mol. The third-order valence-corrected chi connectivity index (χ3v) is 6.69. The van der Waals surface area contributed by atoms with E-state index >= 15 is 0 Å². The molecule has 2 heterocycles. The Kier molecular flexibility index (Phi) is 7.59. The van der Waals surface area contributed by atoms with Crippen molar-refractivity contribution in [3.05, 3.63) is 64.9 Å². The number of aromatic nitrogens is 2. The highest BCUT2D eigenvalue weighted by molar-refractivity contribution is 7.08. The molecule has 1 unspecified atom stereocenters. The summed E-state index contributed by atoms with van der Waals surface area (Å²) in [6, 6.07) is 8.17. The van der Waals surface area contributed by atoms with E-state index in [-0.39, 0.29) is 30.1 Å². The van der Waals surface area contributed by atoms with E-state index in [0.29, 0.717) is 17.9 Å². The first-order valence-electron chi connectivity index (χ1n) is 12.2. The summed E-state index contributed by atoms with van der Waals surface area (Å²) in [7, 11) is 0. The Hall–Kier alpha value is -3.46. The third kappa shape index (κ3) is 6.40. The lowest BCUT2D eigenvalue weighted by atomic mass is 10.0. The van der Waals surface area contributed by atoms with Crippen molar-refractivity contribution in [3.8, 4) is 0 Å². The van der Waals surface area contributed by atoms with Gasteiger partial charge in [-0.15, -0.1) is 0 Å². The van der Waals surface area contributed by atoms with Crippen LogP contribution in [0.2, 0.25) is 0 Å². The summed E-state index contributed by atoms with van der Waals surface area (Å²) in [6.07, 6.45) is 5.59. The maximum absolute atomic E-state index is 13.8. The zero-order valence-electron chi connectivity index (χ0n) is 21.2. The number of imidazole rings is 1. The largest absolute Gasteiger partial charge is 0.349 e. The summed E-state index contributed by atoms with van der Waals surface area (Å²) in [5.41, 5.74) is 1.54. The molecule has 1 fully saturated rings. The number of hydrogen-bond acceptors (Lipinski definition) is 5. The van der Waals surface area contributed by atoms with Crippen LogP contribution in [0.5, 0.6) is 0 Å². The van der Waals surface area contributed by atoms with Crippen molar-refractivity contribution in [1.29, 1.82) is 0 Å². The van der Waals surface area contributed by atoms with Crippen LogP contribution in [0.25, 0.3) is 0 Å². The van der Waals surface area contributed by atoms with Crippen LogP contribution in [0, 0.1) is 12.8 Å². The van der Waals surface area contributed by atoms with Gasteiger partial charge in [-0.2, -0.15) is 11.3 Å². The van der Waals surface area contributed by atoms with Gasteiger partial charge in [0.1, 0.15) is 11.9 Å². The van der Waals surface area contributed by atoms with Crippen molar-refractivity contribution in [1.82, 2.24) is 14.9 Å². The van der Waals surface area contributed by atoms with Crippen molar-refractivity contribution in [2.24, 2.45) is 5.92 Å². The van der Waals surface area contributed by atoms with Crippen LogP contribution in [0.3, 0.4) is 0 Å². The van der Waals surface area contributed by atoms with Gasteiger partial charge < -0.3 is 15.2 Å². The lowest BCUT2D eigenvalue weighted by Crippen LogP contribution is -2.49. The monoisotopic (exact) mass is 507 g/mol. The number of benzene rings is 1. The van der Waals surface area contributed by atoms with E-state index in [0.717, 1.165) is 24.2 Å². The molecule has 2 N–H and O–H groups in total. The molecule has 9 heteroatoms. The van der Waals surface area contributed by atoms with Crippen LogP contribution in [0.4, 0.5) is 11.4 Å². The van der Waals surface area contributed by atoms with Crippen LogP contribution in [0.15, 0.2) is 53.5 Å². The van der Waals surface area contributed by atoms with Crippen LogP contribution in [0.1, 0.15) is 57.5 Å². The number of carbonyl (C=O) groups is 3. The quantitative estimate of drug-likeness (QED) is 0.440. The molecule has 3 aromatic rings. The molecule has 0 saturated heterocycles. The van der Waals surface area contributed by atoms with E-state index < -0.39 is 11.6 Å². The van der Waals surface area contributed by atoms with E-state index in [2.05, 4.69) is 15.6 Å². The molecule has 0 spiro atoms. The number of thiophene rings is 1. The molecule has 1 atom stereocenters. The first kappa shape index (κ1) is 25.6. The molecule has 0 bridgehead atoms. The summed E-state index contributed by atoms with van der Waals surface area (Å²) in [5, 5.41) is 9.78. The minimum Gasteiger partial charge on any atom is -0.349 e. The molecule has 0 radical (unpaired) electrons. The minimum atomic E-state index is -0.834. The molecule has 1 aliphatic carbocycles. The average Bonchev–Trinajstić information content (AvgIpc) is 3.38. The van der Waals surface area contributed by atoms with Gasteiger partial charge in [0.05, 0.1) is 0 Å². The molecule has 36 heavy (non-hydrogen) atoms. The first-order valence-corrected chi connectivity index (χ1v) is 13.1. The molecular formula is C27H33N5O3S.